The molecule has 50 heavy (non-hydrogen) atoms. The number of carbonyl (C=O) groups excluding carboxylic acids is 1. The quantitative estimate of drug-likeness (QED) is 0.0187. The fourth-order valence-electron chi connectivity index (χ4n) is 4.79. The third-order valence-corrected chi connectivity index (χ3v) is 7.68. The molecule has 4 aromatic rings. The molecule has 0 aliphatic heterocycles. The van der Waals surface area contributed by atoms with Gasteiger partial charge in [-0.05, 0) is 89.6 Å². The molecule has 0 heterocycles. The highest BCUT2D eigenvalue weighted by Crippen LogP contribution is 2.19. The second-order valence-corrected chi connectivity index (χ2v) is 11.6. The van der Waals surface area contributed by atoms with Crippen molar-refractivity contribution in [1.82, 2.24) is 0 Å². The summed E-state index contributed by atoms with van der Waals surface area (Å²) in [7, 11) is 0. The Morgan fingerprint density at radius 3 is 1.52 bits per heavy atom. The molecule has 0 fully saturated rings. The zero-order valence-electron chi connectivity index (χ0n) is 28.3. The van der Waals surface area contributed by atoms with Gasteiger partial charge in [-0.15, -0.1) is 0 Å². The van der Waals surface area contributed by atoms with E-state index in [9.17, 15) is 14.9 Å². The van der Waals surface area contributed by atoms with Crippen molar-refractivity contribution in [2.75, 3.05) is 19.8 Å². The lowest BCUT2D eigenvalue weighted by Crippen LogP contribution is -2.08. The smallest absolute Gasteiger partial charge is 0.336 e. The molecule has 0 bridgehead atoms. The third-order valence-electron chi connectivity index (χ3n) is 7.68. The summed E-state index contributed by atoms with van der Waals surface area (Å²) in [6.07, 6.45) is 15.4. The van der Waals surface area contributed by atoms with Crippen molar-refractivity contribution in [1.29, 1.82) is 0 Å². The largest absolute Gasteiger partial charge is 0.494 e. The number of esters is 1. The lowest BCUT2D eigenvalue weighted by Gasteiger charge is -2.07. The van der Waals surface area contributed by atoms with Gasteiger partial charge in [0.2, 0.25) is 0 Å². The third kappa shape index (κ3) is 12.9. The Labute approximate surface area is 294 Å². The standard InChI is InChI=1S/C42H42N2O6/c1-3-4-5-6-29-48-39-25-19-35(20-26-39)11-9-33-13-15-37(16-14-33)32-41(43-2)42(45)50-31-8-7-30-49-40-27-21-36(22-28-40)12-10-34-17-23-38(24-18-34)44(46)47/h9-28,32H,3-8,29-31H2,1H3/b11-9+,12-10+,41-32-. The van der Waals surface area contributed by atoms with Gasteiger partial charge in [-0.25, -0.2) is 4.85 Å². The van der Waals surface area contributed by atoms with Crippen LogP contribution in [0.25, 0.3) is 35.2 Å². The number of nitrogens with zero attached hydrogens (tertiary/aromatic N) is 2. The first-order chi connectivity index (χ1) is 24.4. The van der Waals surface area contributed by atoms with Crippen LogP contribution in [0.5, 0.6) is 11.5 Å². The number of non-ortho nitro benzene ring substituents is 1. The Balaban J connectivity index is 1.14. The second-order valence-electron chi connectivity index (χ2n) is 11.6. The number of rotatable bonds is 19. The number of nitro groups is 1. The van der Waals surface area contributed by atoms with Gasteiger partial charge in [0.1, 0.15) is 11.5 Å². The van der Waals surface area contributed by atoms with Crippen LogP contribution in [0.1, 0.15) is 73.3 Å². The molecule has 0 saturated heterocycles. The zero-order chi connectivity index (χ0) is 35.4. The van der Waals surface area contributed by atoms with Crippen molar-refractivity contribution in [2.24, 2.45) is 0 Å². The topological polar surface area (TPSA) is 92.3 Å². The van der Waals surface area contributed by atoms with Crippen LogP contribution in [0.15, 0.2) is 103 Å². The summed E-state index contributed by atoms with van der Waals surface area (Å²) in [5.41, 5.74) is 4.64. The summed E-state index contributed by atoms with van der Waals surface area (Å²) < 4.78 is 16.9. The molecule has 0 N–H and O–H groups in total. The van der Waals surface area contributed by atoms with Gasteiger partial charge in [0.05, 0.1) is 31.3 Å². The molecule has 0 atom stereocenters. The number of ether oxygens (including phenoxy) is 3. The molecule has 0 aliphatic rings. The highest BCUT2D eigenvalue weighted by molar-refractivity contribution is 5.95. The average molecular weight is 671 g/mol. The summed E-state index contributed by atoms with van der Waals surface area (Å²) in [5.74, 6) is 0.962. The second kappa shape index (κ2) is 20.4. The minimum atomic E-state index is -0.643. The van der Waals surface area contributed by atoms with Crippen LogP contribution >= 0.6 is 0 Å². The summed E-state index contributed by atoms with van der Waals surface area (Å²) >= 11 is 0. The lowest BCUT2D eigenvalue weighted by atomic mass is 10.1. The van der Waals surface area contributed by atoms with Gasteiger partial charge in [-0.2, -0.15) is 0 Å². The monoisotopic (exact) mass is 670 g/mol. The van der Waals surface area contributed by atoms with Gasteiger partial charge in [-0.1, -0.05) is 99.0 Å². The first-order valence-corrected chi connectivity index (χ1v) is 16.9. The van der Waals surface area contributed by atoms with Gasteiger partial charge in [0, 0.05) is 12.1 Å². The first kappa shape index (κ1) is 36.9. The molecular formula is C42H42N2O6. The Kier molecular flexibility index (Phi) is 15.1. The van der Waals surface area contributed by atoms with Crippen LogP contribution in [0.2, 0.25) is 0 Å². The van der Waals surface area contributed by atoms with Crippen LogP contribution in [0.4, 0.5) is 5.69 Å². The van der Waals surface area contributed by atoms with E-state index in [1.54, 1.807) is 12.1 Å². The molecule has 8 heteroatoms. The number of carbonyl (C=O) groups is 1. The number of hydrogen-bond donors (Lipinski definition) is 0. The normalized spacial score (nSPS) is 11.4. The fourth-order valence-corrected chi connectivity index (χ4v) is 4.79. The van der Waals surface area contributed by atoms with E-state index in [2.05, 4.69) is 11.8 Å². The van der Waals surface area contributed by atoms with Gasteiger partial charge in [0.15, 0.2) is 0 Å². The zero-order valence-corrected chi connectivity index (χ0v) is 28.3. The predicted molar refractivity (Wildman–Crippen MR) is 200 cm³/mol. The predicted octanol–water partition coefficient (Wildman–Crippen LogP) is 10.6. The number of hydrogen-bond acceptors (Lipinski definition) is 6. The Bertz CT molecular complexity index is 1780. The Morgan fingerprint density at radius 1 is 0.640 bits per heavy atom. The van der Waals surface area contributed by atoms with Gasteiger partial charge in [-0.3, -0.25) is 14.9 Å². The van der Waals surface area contributed by atoms with Gasteiger partial charge < -0.3 is 14.2 Å². The molecule has 0 spiro atoms. The molecule has 0 amide bonds. The minimum absolute atomic E-state index is 0.0609. The van der Waals surface area contributed by atoms with E-state index in [1.165, 1.54) is 37.5 Å². The minimum Gasteiger partial charge on any atom is -0.494 e. The molecule has 0 aliphatic carbocycles. The maximum absolute atomic E-state index is 12.5. The molecule has 4 aromatic carbocycles. The van der Waals surface area contributed by atoms with E-state index in [-0.39, 0.29) is 18.0 Å². The van der Waals surface area contributed by atoms with Crippen LogP contribution in [-0.2, 0) is 9.53 Å². The molecule has 256 valence electrons. The van der Waals surface area contributed by atoms with Crippen LogP contribution in [-0.4, -0.2) is 30.7 Å². The highest BCUT2D eigenvalue weighted by Gasteiger charge is 2.11. The molecule has 0 unspecified atom stereocenters. The van der Waals surface area contributed by atoms with Gasteiger partial charge in [0.25, 0.3) is 11.4 Å². The Hall–Kier alpha value is -5.94. The van der Waals surface area contributed by atoms with Crippen molar-refractivity contribution in [3.8, 4) is 11.5 Å². The summed E-state index contributed by atoms with van der Waals surface area (Å²) in [6.45, 7) is 11.1. The first-order valence-electron chi connectivity index (χ1n) is 16.9. The highest BCUT2D eigenvalue weighted by atomic mass is 16.6. The van der Waals surface area contributed by atoms with E-state index in [1.807, 2.05) is 97.1 Å². The average Bonchev–Trinajstić information content (AvgIpc) is 3.15. The maximum atomic E-state index is 12.5. The molecule has 0 saturated carbocycles. The summed E-state index contributed by atoms with van der Waals surface area (Å²) in [6, 6.07) is 29.6. The van der Waals surface area contributed by atoms with E-state index < -0.39 is 10.9 Å². The van der Waals surface area contributed by atoms with Crippen molar-refractivity contribution >= 4 is 42.0 Å². The van der Waals surface area contributed by atoms with Crippen molar-refractivity contribution in [3.63, 3.8) is 0 Å². The number of benzene rings is 4. The summed E-state index contributed by atoms with van der Waals surface area (Å²) in [4.78, 5) is 26.3. The molecule has 0 radical (unpaired) electrons. The Morgan fingerprint density at radius 2 is 1.06 bits per heavy atom. The van der Waals surface area contributed by atoms with E-state index in [4.69, 9.17) is 20.8 Å². The van der Waals surface area contributed by atoms with E-state index in [0.29, 0.717) is 19.4 Å². The van der Waals surface area contributed by atoms with Crippen LogP contribution < -0.4 is 9.47 Å². The van der Waals surface area contributed by atoms with Gasteiger partial charge >= 0.3 is 5.97 Å². The lowest BCUT2D eigenvalue weighted by molar-refractivity contribution is -0.384. The molecule has 4 rings (SSSR count). The van der Waals surface area contributed by atoms with E-state index >= 15 is 0 Å². The van der Waals surface area contributed by atoms with Crippen molar-refractivity contribution in [3.05, 3.63) is 152 Å². The molecular weight excluding hydrogens is 628 g/mol. The molecule has 0 aromatic heterocycles. The molecule has 8 nitrogen and oxygen atoms in total. The van der Waals surface area contributed by atoms with Crippen molar-refractivity contribution in [2.45, 2.75) is 45.4 Å². The fraction of sp³-hybridized carbons (Fsp3) is 0.238. The van der Waals surface area contributed by atoms with Crippen molar-refractivity contribution < 1.29 is 23.9 Å². The summed E-state index contributed by atoms with van der Waals surface area (Å²) in [5, 5.41) is 10.8. The maximum Gasteiger partial charge on any atom is 0.336 e. The number of nitro benzene ring substituents is 1. The van der Waals surface area contributed by atoms with E-state index in [0.717, 1.165) is 52.3 Å². The van der Waals surface area contributed by atoms with Crippen LogP contribution in [0.3, 0.4) is 0 Å². The van der Waals surface area contributed by atoms with Crippen LogP contribution in [0, 0.1) is 16.7 Å². The number of unbranched alkanes of at least 4 members (excludes halogenated alkanes) is 4. The SMILES string of the molecule is [C-]#[N+]/C(=C\c1ccc(/C=C/c2ccc(OCCCCCC)cc2)cc1)C(=O)OCCCCOc1ccc(/C=C/c2ccc([N+](=O)[O-])cc2)cc1.